The van der Waals surface area contributed by atoms with Gasteiger partial charge in [0.15, 0.2) is 6.29 Å². The maximum Gasteiger partial charge on any atom is 0.191 e. The highest BCUT2D eigenvalue weighted by Crippen LogP contribution is 2.27. The molecule has 0 aliphatic heterocycles. The molecule has 1 atom stereocenters. The standard InChI is InChI=1S/C11H21O2/c1-9(2)13-11(12)8-10-6-4-3-5-7-10/h9-11H,3-8H2,1-2H3. The zero-order valence-electron chi connectivity index (χ0n) is 8.79. The topological polar surface area (TPSA) is 29.1 Å². The molecule has 0 N–H and O–H groups in total. The summed E-state index contributed by atoms with van der Waals surface area (Å²) in [6, 6.07) is 0. The van der Waals surface area contributed by atoms with Crippen molar-refractivity contribution >= 4 is 0 Å². The van der Waals surface area contributed by atoms with Crippen LogP contribution in [0.15, 0.2) is 0 Å². The Morgan fingerprint density at radius 1 is 1.23 bits per heavy atom. The largest absolute Gasteiger partial charge is 0.347 e. The smallest absolute Gasteiger partial charge is 0.191 e. The lowest BCUT2D eigenvalue weighted by Gasteiger charge is -2.23. The number of hydrogen-bond donors (Lipinski definition) is 0. The highest BCUT2D eigenvalue weighted by Gasteiger charge is 2.19. The van der Waals surface area contributed by atoms with Crippen molar-refractivity contribution in [3.8, 4) is 0 Å². The molecule has 0 amide bonds. The molecule has 1 aliphatic carbocycles. The molecule has 1 rings (SSSR count). The second kappa shape index (κ2) is 5.61. The summed E-state index contributed by atoms with van der Waals surface area (Å²) in [5.41, 5.74) is 0. The zero-order valence-corrected chi connectivity index (χ0v) is 8.79. The van der Waals surface area contributed by atoms with E-state index in [4.69, 9.17) is 4.74 Å². The van der Waals surface area contributed by atoms with Gasteiger partial charge in [0, 0.05) is 6.42 Å². The molecule has 0 spiro atoms. The Labute approximate surface area is 81.3 Å². The highest BCUT2D eigenvalue weighted by molar-refractivity contribution is 4.66. The molecule has 13 heavy (non-hydrogen) atoms. The van der Waals surface area contributed by atoms with E-state index >= 15 is 0 Å². The first-order valence-corrected chi connectivity index (χ1v) is 5.49. The van der Waals surface area contributed by atoms with Gasteiger partial charge in [-0.25, -0.2) is 5.11 Å². The Bertz CT molecular complexity index is 128. The van der Waals surface area contributed by atoms with E-state index in [1.807, 2.05) is 13.8 Å². The summed E-state index contributed by atoms with van der Waals surface area (Å²) in [5.74, 6) is 0.634. The average molecular weight is 185 g/mol. The van der Waals surface area contributed by atoms with Crippen LogP contribution in [0.2, 0.25) is 0 Å². The quantitative estimate of drug-likeness (QED) is 0.619. The Kier molecular flexibility index (Phi) is 4.74. The van der Waals surface area contributed by atoms with E-state index in [0.29, 0.717) is 5.92 Å². The summed E-state index contributed by atoms with van der Waals surface area (Å²) in [7, 11) is 0. The van der Waals surface area contributed by atoms with Gasteiger partial charge in [0.05, 0.1) is 6.10 Å². The molecule has 2 nitrogen and oxygen atoms in total. The van der Waals surface area contributed by atoms with Crippen LogP contribution in [0.1, 0.15) is 52.4 Å². The van der Waals surface area contributed by atoms with Crippen molar-refractivity contribution in [2.24, 2.45) is 5.92 Å². The SMILES string of the molecule is CC(C)OC([O])CC1CCCCC1. The van der Waals surface area contributed by atoms with Crippen LogP contribution in [0, 0.1) is 5.92 Å². The minimum atomic E-state index is -0.789. The van der Waals surface area contributed by atoms with Gasteiger partial charge in [-0.1, -0.05) is 32.1 Å². The third kappa shape index (κ3) is 4.63. The first kappa shape index (κ1) is 11.0. The minimum absolute atomic E-state index is 0.0751. The van der Waals surface area contributed by atoms with Crippen LogP contribution >= 0.6 is 0 Å². The summed E-state index contributed by atoms with van der Waals surface area (Å²) < 4.78 is 5.20. The first-order chi connectivity index (χ1) is 6.18. The molecular formula is C11H21O2. The Hall–Kier alpha value is -0.0800. The van der Waals surface area contributed by atoms with E-state index in [2.05, 4.69) is 0 Å². The van der Waals surface area contributed by atoms with Gasteiger partial charge in [-0.2, -0.15) is 0 Å². The van der Waals surface area contributed by atoms with Crippen LogP contribution < -0.4 is 0 Å². The Morgan fingerprint density at radius 2 is 1.85 bits per heavy atom. The van der Waals surface area contributed by atoms with Crippen LogP contribution in [-0.2, 0) is 9.84 Å². The van der Waals surface area contributed by atoms with Gasteiger partial charge in [-0.3, -0.25) is 0 Å². The fraction of sp³-hybridized carbons (Fsp3) is 1.00. The summed E-state index contributed by atoms with van der Waals surface area (Å²) in [6.45, 7) is 3.84. The van der Waals surface area contributed by atoms with Gasteiger partial charge < -0.3 is 4.74 Å². The molecule has 77 valence electrons. The minimum Gasteiger partial charge on any atom is -0.347 e. The lowest BCUT2D eigenvalue weighted by Crippen LogP contribution is -2.20. The van der Waals surface area contributed by atoms with Crippen LogP contribution in [0.5, 0.6) is 0 Å². The molecule has 0 aromatic carbocycles. The molecule has 1 radical (unpaired) electrons. The van der Waals surface area contributed by atoms with Crippen molar-refractivity contribution in [3.63, 3.8) is 0 Å². The molecule has 0 bridgehead atoms. The third-order valence-corrected chi connectivity index (χ3v) is 2.67. The lowest BCUT2D eigenvalue weighted by molar-refractivity contribution is -0.171. The molecule has 1 unspecified atom stereocenters. The molecule has 1 aliphatic rings. The number of ether oxygens (including phenoxy) is 1. The van der Waals surface area contributed by atoms with Crippen LogP contribution in [0.3, 0.4) is 0 Å². The first-order valence-electron chi connectivity index (χ1n) is 5.49. The van der Waals surface area contributed by atoms with E-state index in [1.165, 1.54) is 32.1 Å². The van der Waals surface area contributed by atoms with Crippen LogP contribution in [0.4, 0.5) is 0 Å². The maximum absolute atomic E-state index is 11.4. The van der Waals surface area contributed by atoms with Crippen molar-refractivity contribution in [1.82, 2.24) is 0 Å². The predicted octanol–water partition coefficient (Wildman–Crippen LogP) is 3.14. The van der Waals surface area contributed by atoms with Crippen molar-refractivity contribution in [2.75, 3.05) is 0 Å². The Morgan fingerprint density at radius 3 is 2.38 bits per heavy atom. The molecule has 0 aromatic heterocycles. The van der Waals surface area contributed by atoms with Crippen molar-refractivity contribution in [3.05, 3.63) is 0 Å². The summed E-state index contributed by atoms with van der Waals surface area (Å²) >= 11 is 0. The fourth-order valence-corrected chi connectivity index (χ4v) is 2.05. The maximum atomic E-state index is 11.4. The van der Waals surface area contributed by atoms with Gasteiger partial charge in [0.1, 0.15) is 0 Å². The van der Waals surface area contributed by atoms with Gasteiger partial charge >= 0.3 is 0 Å². The van der Waals surface area contributed by atoms with Gasteiger partial charge in [-0.05, 0) is 19.8 Å². The number of rotatable bonds is 4. The Balaban J connectivity index is 2.14. The monoisotopic (exact) mass is 185 g/mol. The molecule has 0 aromatic rings. The fourth-order valence-electron chi connectivity index (χ4n) is 2.05. The van der Waals surface area contributed by atoms with Gasteiger partial charge in [-0.15, -0.1) is 0 Å². The second-order valence-electron chi connectivity index (χ2n) is 4.35. The van der Waals surface area contributed by atoms with E-state index in [0.717, 1.165) is 6.42 Å². The van der Waals surface area contributed by atoms with Crippen LogP contribution in [-0.4, -0.2) is 12.4 Å². The zero-order chi connectivity index (χ0) is 9.68. The lowest BCUT2D eigenvalue weighted by atomic mass is 9.87. The highest BCUT2D eigenvalue weighted by atomic mass is 16.6. The number of hydrogen-bond acceptors (Lipinski definition) is 1. The molecule has 1 saturated carbocycles. The van der Waals surface area contributed by atoms with E-state index < -0.39 is 6.29 Å². The predicted molar refractivity (Wildman–Crippen MR) is 51.9 cm³/mol. The summed E-state index contributed by atoms with van der Waals surface area (Å²) in [6.07, 6.45) is 6.44. The molecule has 2 heteroatoms. The second-order valence-corrected chi connectivity index (χ2v) is 4.35. The van der Waals surface area contributed by atoms with Crippen LogP contribution in [0.25, 0.3) is 0 Å². The molecule has 0 saturated heterocycles. The van der Waals surface area contributed by atoms with E-state index in [-0.39, 0.29) is 6.10 Å². The van der Waals surface area contributed by atoms with Crippen molar-refractivity contribution in [2.45, 2.75) is 64.8 Å². The van der Waals surface area contributed by atoms with E-state index in [1.54, 1.807) is 0 Å². The summed E-state index contributed by atoms with van der Waals surface area (Å²) in [5, 5.41) is 11.4. The average Bonchev–Trinajstić information content (AvgIpc) is 2.04. The third-order valence-electron chi connectivity index (χ3n) is 2.67. The van der Waals surface area contributed by atoms with E-state index in [9.17, 15) is 5.11 Å². The molecule has 1 fully saturated rings. The normalized spacial score (nSPS) is 22.2. The van der Waals surface area contributed by atoms with Crippen molar-refractivity contribution in [1.29, 1.82) is 0 Å². The molecule has 0 heterocycles. The molecular weight excluding hydrogens is 164 g/mol. The van der Waals surface area contributed by atoms with Crippen molar-refractivity contribution < 1.29 is 9.84 Å². The summed E-state index contributed by atoms with van der Waals surface area (Å²) in [4.78, 5) is 0. The van der Waals surface area contributed by atoms with Gasteiger partial charge in [0.25, 0.3) is 0 Å². The van der Waals surface area contributed by atoms with Gasteiger partial charge in [0.2, 0.25) is 0 Å².